The molecule has 1 heterocycles. The van der Waals surface area contributed by atoms with Crippen molar-refractivity contribution in [2.75, 3.05) is 6.54 Å². The minimum Gasteiger partial charge on any atom is -0.480 e. The fourth-order valence-corrected chi connectivity index (χ4v) is 2.17. The molecule has 1 fully saturated rings. The molecule has 2 N–H and O–H groups in total. The van der Waals surface area contributed by atoms with Gasteiger partial charge in [-0.05, 0) is 32.6 Å². The molecule has 100 valence electrons. The molecule has 5 heteroatoms. The van der Waals surface area contributed by atoms with Crippen molar-refractivity contribution < 1.29 is 14.7 Å². The second kappa shape index (κ2) is 5.30. The van der Waals surface area contributed by atoms with Crippen LogP contribution in [0.4, 0.5) is 4.79 Å². The molecule has 0 aliphatic carbocycles. The minimum atomic E-state index is -0.962. The first-order valence-corrected chi connectivity index (χ1v) is 6.08. The zero-order valence-electron chi connectivity index (χ0n) is 11.1. The summed E-state index contributed by atoms with van der Waals surface area (Å²) < 4.78 is 0. The van der Waals surface area contributed by atoms with Crippen molar-refractivity contribution in [2.45, 2.75) is 45.2 Å². The number of terminal acetylenes is 1. The molecule has 0 aromatic heterocycles. The molecule has 1 saturated heterocycles. The molecule has 1 rings (SSSR count). The molecule has 0 spiro atoms. The van der Waals surface area contributed by atoms with Crippen LogP contribution >= 0.6 is 0 Å². The maximum absolute atomic E-state index is 12.1. The number of amides is 2. The van der Waals surface area contributed by atoms with Crippen LogP contribution in [0, 0.1) is 18.3 Å². The molecule has 2 atom stereocenters. The second-order valence-electron chi connectivity index (χ2n) is 5.30. The second-order valence-corrected chi connectivity index (χ2v) is 5.30. The lowest BCUT2D eigenvalue weighted by Gasteiger charge is -2.38. The Morgan fingerprint density at radius 2 is 2.11 bits per heavy atom. The Kier molecular flexibility index (Phi) is 4.23. The zero-order chi connectivity index (χ0) is 13.9. The van der Waals surface area contributed by atoms with E-state index in [1.54, 1.807) is 13.8 Å². The van der Waals surface area contributed by atoms with Crippen molar-refractivity contribution in [3.8, 4) is 12.3 Å². The Labute approximate surface area is 108 Å². The Balaban J connectivity index is 2.83. The van der Waals surface area contributed by atoms with Crippen LogP contribution in [0.1, 0.15) is 33.6 Å². The summed E-state index contributed by atoms with van der Waals surface area (Å²) >= 11 is 0. The van der Waals surface area contributed by atoms with Gasteiger partial charge in [0.25, 0.3) is 0 Å². The summed E-state index contributed by atoms with van der Waals surface area (Å²) in [4.78, 5) is 24.7. The quantitative estimate of drug-likeness (QED) is 0.728. The lowest BCUT2D eigenvalue weighted by Crippen LogP contribution is -2.58. The number of carboxylic acid groups (broad SMARTS) is 1. The van der Waals surface area contributed by atoms with Gasteiger partial charge >= 0.3 is 12.0 Å². The highest BCUT2D eigenvalue weighted by molar-refractivity contribution is 5.83. The van der Waals surface area contributed by atoms with E-state index in [-0.39, 0.29) is 5.92 Å². The van der Waals surface area contributed by atoms with Crippen LogP contribution in [-0.4, -0.2) is 40.1 Å². The van der Waals surface area contributed by atoms with Crippen LogP contribution in [0.2, 0.25) is 0 Å². The molecule has 0 aromatic carbocycles. The average molecular weight is 252 g/mol. The maximum atomic E-state index is 12.1. The molecule has 2 unspecified atom stereocenters. The molecule has 1 aliphatic rings. The summed E-state index contributed by atoms with van der Waals surface area (Å²) in [6, 6.07) is -1.18. The van der Waals surface area contributed by atoms with E-state index < -0.39 is 23.6 Å². The van der Waals surface area contributed by atoms with Crippen LogP contribution in [0.25, 0.3) is 0 Å². The van der Waals surface area contributed by atoms with Crippen LogP contribution < -0.4 is 5.32 Å². The Bertz CT molecular complexity index is 384. The fourth-order valence-electron chi connectivity index (χ4n) is 2.17. The summed E-state index contributed by atoms with van der Waals surface area (Å²) in [7, 11) is 0. The predicted octanol–water partition coefficient (Wildman–Crippen LogP) is 1.29. The van der Waals surface area contributed by atoms with E-state index in [1.807, 2.05) is 6.92 Å². The Morgan fingerprint density at radius 1 is 1.50 bits per heavy atom. The topological polar surface area (TPSA) is 69.6 Å². The zero-order valence-corrected chi connectivity index (χ0v) is 11.1. The van der Waals surface area contributed by atoms with E-state index in [0.717, 1.165) is 12.8 Å². The predicted molar refractivity (Wildman–Crippen MR) is 68.0 cm³/mol. The molecule has 1 aliphatic heterocycles. The minimum absolute atomic E-state index is 0.0454. The lowest BCUT2D eigenvalue weighted by atomic mass is 9.91. The number of nitrogens with zero attached hydrogens (tertiary/aromatic N) is 1. The van der Waals surface area contributed by atoms with Gasteiger partial charge in [0.15, 0.2) is 0 Å². The first-order valence-electron chi connectivity index (χ1n) is 6.08. The monoisotopic (exact) mass is 252 g/mol. The summed E-state index contributed by atoms with van der Waals surface area (Å²) in [6.07, 6.45) is 6.94. The Morgan fingerprint density at radius 3 is 2.61 bits per heavy atom. The third kappa shape index (κ3) is 3.16. The number of rotatable bonds is 2. The van der Waals surface area contributed by atoms with Crippen molar-refractivity contribution in [3.63, 3.8) is 0 Å². The van der Waals surface area contributed by atoms with Gasteiger partial charge in [0, 0.05) is 6.54 Å². The molecule has 5 nitrogen and oxygen atoms in total. The number of piperidine rings is 1. The number of aliphatic carboxylic acids is 1. The molecule has 2 amide bonds. The van der Waals surface area contributed by atoms with Gasteiger partial charge in [-0.3, -0.25) is 0 Å². The first kappa shape index (κ1) is 14.4. The van der Waals surface area contributed by atoms with Gasteiger partial charge in [-0.2, -0.15) is 0 Å². The van der Waals surface area contributed by atoms with E-state index in [0.29, 0.717) is 6.54 Å². The highest BCUT2D eigenvalue weighted by atomic mass is 16.4. The van der Waals surface area contributed by atoms with E-state index >= 15 is 0 Å². The number of likely N-dealkylation sites (tertiary alicyclic amines) is 1. The SMILES string of the molecule is C#CC(C)(C)NC(=O)N1CCCC(C)C1C(=O)O. The number of hydrogen-bond donors (Lipinski definition) is 2. The molecular formula is C13H20N2O3. The molecule has 0 aromatic rings. The number of urea groups is 1. The number of nitrogens with one attached hydrogen (secondary N) is 1. The largest absolute Gasteiger partial charge is 0.480 e. The number of carboxylic acids is 1. The highest BCUT2D eigenvalue weighted by Gasteiger charge is 2.38. The van der Waals surface area contributed by atoms with Crippen LogP contribution in [0.15, 0.2) is 0 Å². The van der Waals surface area contributed by atoms with Gasteiger partial charge < -0.3 is 15.3 Å². The van der Waals surface area contributed by atoms with Crippen LogP contribution in [-0.2, 0) is 4.79 Å². The standard InChI is InChI=1S/C13H20N2O3/c1-5-13(3,4)14-12(18)15-8-6-7-9(2)10(15)11(16)17/h1,9-10H,6-8H2,2-4H3,(H,14,18)(H,16,17). The Hall–Kier alpha value is -1.70. The van der Waals surface area contributed by atoms with E-state index in [9.17, 15) is 14.7 Å². The normalized spacial score (nSPS) is 24.2. The van der Waals surface area contributed by atoms with Crippen molar-refractivity contribution in [1.82, 2.24) is 10.2 Å². The number of hydrogen-bond acceptors (Lipinski definition) is 2. The summed E-state index contributed by atoms with van der Waals surface area (Å²) in [5.74, 6) is 1.45. The van der Waals surface area contributed by atoms with Gasteiger partial charge in [-0.1, -0.05) is 12.8 Å². The third-order valence-electron chi connectivity index (χ3n) is 3.23. The average Bonchev–Trinajstić information content (AvgIpc) is 2.27. The van der Waals surface area contributed by atoms with Crippen molar-refractivity contribution in [2.24, 2.45) is 5.92 Å². The van der Waals surface area contributed by atoms with E-state index in [4.69, 9.17) is 6.42 Å². The first-order chi connectivity index (χ1) is 8.28. The number of carbonyl (C=O) groups excluding carboxylic acids is 1. The van der Waals surface area contributed by atoms with Gasteiger partial charge in [0.2, 0.25) is 0 Å². The van der Waals surface area contributed by atoms with Gasteiger partial charge in [-0.25, -0.2) is 9.59 Å². The highest BCUT2D eigenvalue weighted by Crippen LogP contribution is 2.23. The smallest absolute Gasteiger partial charge is 0.326 e. The third-order valence-corrected chi connectivity index (χ3v) is 3.23. The summed E-state index contributed by atoms with van der Waals surface area (Å²) in [5, 5.41) is 11.9. The summed E-state index contributed by atoms with van der Waals surface area (Å²) in [5.41, 5.74) is -0.777. The van der Waals surface area contributed by atoms with Gasteiger partial charge in [-0.15, -0.1) is 6.42 Å². The van der Waals surface area contributed by atoms with E-state index in [2.05, 4.69) is 11.2 Å². The van der Waals surface area contributed by atoms with Crippen molar-refractivity contribution in [3.05, 3.63) is 0 Å². The number of carbonyl (C=O) groups is 2. The van der Waals surface area contributed by atoms with Crippen molar-refractivity contribution >= 4 is 12.0 Å². The molecular weight excluding hydrogens is 232 g/mol. The fraction of sp³-hybridized carbons (Fsp3) is 0.692. The molecule has 18 heavy (non-hydrogen) atoms. The molecule has 0 radical (unpaired) electrons. The van der Waals surface area contributed by atoms with E-state index in [1.165, 1.54) is 4.90 Å². The van der Waals surface area contributed by atoms with Gasteiger partial charge in [0.1, 0.15) is 6.04 Å². The van der Waals surface area contributed by atoms with Gasteiger partial charge in [0.05, 0.1) is 5.54 Å². The molecule has 0 saturated carbocycles. The van der Waals surface area contributed by atoms with Crippen LogP contribution in [0.3, 0.4) is 0 Å². The maximum Gasteiger partial charge on any atom is 0.326 e. The summed E-state index contributed by atoms with van der Waals surface area (Å²) in [6.45, 7) is 5.71. The van der Waals surface area contributed by atoms with Crippen molar-refractivity contribution in [1.29, 1.82) is 0 Å². The molecule has 0 bridgehead atoms. The van der Waals surface area contributed by atoms with Crippen LogP contribution in [0.5, 0.6) is 0 Å². The lowest BCUT2D eigenvalue weighted by molar-refractivity contribution is -0.145.